The summed E-state index contributed by atoms with van der Waals surface area (Å²) in [7, 11) is 0. The summed E-state index contributed by atoms with van der Waals surface area (Å²) in [6.07, 6.45) is 6.57. The Morgan fingerprint density at radius 3 is 2.31 bits per heavy atom. The molecular formula is C21H26N4O. The summed E-state index contributed by atoms with van der Waals surface area (Å²) < 4.78 is 0. The van der Waals surface area contributed by atoms with Crippen molar-refractivity contribution in [1.29, 1.82) is 0 Å². The molecule has 1 saturated carbocycles. The number of piperidine rings is 1. The van der Waals surface area contributed by atoms with E-state index in [4.69, 9.17) is 0 Å². The molecule has 5 nitrogen and oxygen atoms in total. The highest BCUT2D eigenvalue weighted by molar-refractivity contribution is 5.79. The average molecular weight is 350 g/mol. The largest absolute Gasteiger partial charge is 0.355 e. The van der Waals surface area contributed by atoms with E-state index >= 15 is 0 Å². The molecule has 0 atom stereocenters. The second-order valence-corrected chi connectivity index (χ2v) is 7.39. The van der Waals surface area contributed by atoms with Gasteiger partial charge in [0.1, 0.15) is 0 Å². The molecule has 1 amide bonds. The zero-order valence-corrected chi connectivity index (χ0v) is 15.1. The Morgan fingerprint density at radius 2 is 1.65 bits per heavy atom. The first-order valence-corrected chi connectivity index (χ1v) is 9.74. The average Bonchev–Trinajstić information content (AvgIpc) is 3.22. The van der Waals surface area contributed by atoms with Crippen LogP contribution in [0.5, 0.6) is 0 Å². The number of anilines is 1. The molecule has 0 radical (unpaired) electrons. The van der Waals surface area contributed by atoms with E-state index in [9.17, 15) is 4.79 Å². The van der Waals surface area contributed by atoms with Crippen molar-refractivity contribution < 1.29 is 4.79 Å². The standard InChI is InChI=1S/C21H26N4O/c26-21(22-18-8-4-5-9-18)17-12-14-25(15-13-17)20-11-10-19(23-24-20)16-6-2-1-3-7-16/h1-3,6-7,10-11,17-18H,4-5,8-9,12-15H2,(H,22,26). The molecule has 2 heterocycles. The number of hydrogen-bond donors (Lipinski definition) is 1. The highest BCUT2D eigenvalue weighted by Crippen LogP contribution is 2.24. The van der Waals surface area contributed by atoms with Gasteiger partial charge in [-0.15, -0.1) is 10.2 Å². The molecular weight excluding hydrogens is 324 g/mol. The van der Waals surface area contributed by atoms with Gasteiger partial charge in [-0.2, -0.15) is 0 Å². The van der Waals surface area contributed by atoms with E-state index in [-0.39, 0.29) is 11.8 Å². The lowest BCUT2D eigenvalue weighted by Gasteiger charge is -2.32. The number of amides is 1. The van der Waals surface area contributed by atoms with Gasteiger partial charge in [-0.25, -0.2) is 0 Å². The highest BCUT2D eigenvalue weighted by atomic mass is 16.1. The maximum Gasteiger partial charge on any atom is 0.223 e. The van der Waals surface area contributed by atoms with Crippen molar-refractivity contribution in [2.75, 3.05) is 18.0 Å². The van der Waals surface area contributed by atoms with Crippen LogP contribution >= 0.6 is 0 Å². The van der Waals surface area contributed by atoms with Crippen LogP contribution < -0.4 is 10.2 Å². The van der Waals surface area contributed by atoms with E-state index in [1.165, 1.54) is 12.8 Å². The van der Waals surface area contributed by atoms with Crippen molar-refractivity contribution in [2.24, 2.45) is 5.92 Å². The molecule has 5 heteroatoms. The zero-order chi connectivity index (χ0) is 17.8. The topological polar surface area (TPSA) is 58.1 Å². The van der Waals surface area contributed by atoms with Crippen LogP contribution in [0.3, 0.4) is 0 Å². The molecule has 0 unspecified atom stereocenters. The van der Waals surface area contributed by atoms with Crippen molar-refractivity contribution in [3.05, 3.63) is 42.5 Å². The minimum atomic E-state index is 0.142. The van der Waals surface area contributed by atoms with E-state index < -0.39 is 0 Å². The van der Waals surface area contributed by atoms with Crippen LogP contribution in [0.15, 0.2) is 42.5 Å². The molecule has 4 rings (SSSR count). The minimum absolute atomic E-state index is 0.142. The van der Waals surface area contributed by atoms with Crippen LogP contribution in [0.4, 0.5) is 5.82 Å². The van der Waals surface area contributed by atoms with Crippen molar-refractivity contribution in [3.63, 3.8) is 0 Å². The Hall–Kier alpha value is -2.43. The highest BCUT2D eigenvalue weighted by Gasteiger charge is 2.27. The number of nitrogens with one attached hydrogen (secondary N) is 1. The number of rotatable bonds is 4. The monoisotopic (exact) mass is 350 g/mol. The normalized spacial score (nSPS) is 18.8. The van der Waals surface area contributed by atoms with Crippen LogP contribution in [0, 0.1) is 5.92 Å². The Labute approximate surface area is 154 Å². The summed E-state index contributed by atoms with van der Waals surface area (Å²) in [5, 5.41) is 12.0. The summed E-state index contributed by atoms with van der Waals surface area (Å²) in [6, 6.07) is 14.6. The SMILES string of the molecule is O=C(NC1CCCC1)C1CCN(c2ccc(-c3ccccc3)nn2)CC1. The molecule has 1 aromatic heterocycles. The summed E-state index contributed by atoms with van der Waals surface area (Å²) >= 11 is 0. The van der Waals surface area contributed by atoms with Crippen LogP contribution in [0.1, 0.15) is 38.5 Å². The van der Waals surface area contributed by atoms with Gasteiger partial charge in [-0.05, 0) is 37.8 Å². The maximum atomic E-state index is 12.4. The fourth-order valence-electron chi connectivity index (χ4n) is 4.02. The van der Waals surface area contributed by atoms with E-state index in [0.29, 0.717) is 6.04 Å². The molecule has 2 fully saturated rings. The van der Waals surface area contributed by atoms with Gasteiger partial charge in [-0.1, -0.05) is 43.2 Å². The summed E-state index contributed by atoms with van der Waals surface area (Å²) in [4.78, 5) is 14.7. The fourth-order valence-corrected chi connectivity index (χ4v) is 4.02. The van der Waals surface area contributed by atoms with Gasteiger partial charge < -0.3 is 10.2 Å². The van der Waals surface area contributed by atoms with E-state index in [1.54, 1.807) is 0 Å². The van der Waals surface area contributed by atoms with Crippen LogP contribution in [0.2, 0.25) is 0 Å². The van der Waals surface area contributed by atoms with Crippen molar-refractivity contribution >= 4 is 11.7 Å². The second-order valence-electron chi connectivity index (χ2n) is 7.39. The maximum absolute atomic E-state index is 12.4. The number of benzene rings is 1. The van der Waals surface area contributed by atoms with Crippen molar-refractivity contribution in [3.8, 4) is 11.3 Å². The van der Waals surface area contributed by atoms with Gasteiger partial charge in [0.25, 0.3) is 0 Å². The lowest BCUT2D eigenvalue weighted by Crippen LogP contribution is -2.43. The second kappa shape index (κ2) is 7.85. The molecule has 26 heavy (non-hydrogen) atoms. The number of carbonyl (C=O) groups is 1. The summed E-state index contributed by atoms with van der Waals surface area (Å²) in [5.41, 5.74) is 1.97. The predicted octanol–water partition coefficient (Wildman–Crippen LogP) is 3.42. The third-order valence-corrected chi connectivity index (χ3v) is 5.61. The molecule has 2 aliphatic rings. The quantitative estimate of drug-likeness (QED) is 0.918. The first-order valence-electron chi connectivity index (χ1n) is 9.74. The number of aromatic nitrogens is 2. The van der Waals surface area contributed by atoms with Gasteiger partial charge >= 0.3 is 0 Å². The van der Waals surface area contributed by atoms with Crippen LogP contribution in [-0.2, 0) is 4.79 Å². The lowest BCUT2D eigenvalue weighted by molar-refractivity contribution is -0.126. The first-order chi connectivity index (χ1) is 12.8. The number of hydrogen-bond acceptors (Lipinski definition) is 4. The predicted molar refractivity (Wildman–Crippen MR) is 103 cm³/mol. The first kappa shape index (κ1) is 17.0. The van der Waals surface area contributed by atoms with Gasteiger partial charge in [0, 0.05) is 30.6 Å². The summed E-state index contributed by atoms with van der Waals surface area (Å²) in [6.45, 7) is 1.73. The smallest absolute Gasteiger partial charge is 0.223 e. The Kier molecular flexibility index (Phi) is 5.14. The van der Waals surface area contributed by atoms with E-state index in [2.05, 4.69) is 20.4 Å². The molecule has 2 aromatic rings. The van der Waals surface area contributed by atoms with Gasteiger partial charge in [-0.3, -0.25) is 4.79 Å². The fraction of sp³-hybridized carbons (Fsp3) is 0.476. The van der Waals surface area contributed by atoms with Gasteiger partial charge in [0.15, 0.2) is 5.82 Å². The van der Waals surface area contributed by atoms with Crippen molar-refractivity contribution in [1.82, 2.24) is 15.5 Å². The van der Waals surface area contributed by atoms with E-state index in [1.807, 2.05) is 42.5 Å². The molecule has 0 spiro atoms. The zero-order valence-electron chi connectivity index (χ0n) is 15.1. The van der Waals surface area contributed by atoms with E-state index in [0.717, 1.165) is 55.8 Å². The van der Waals surface area contributed by atoms with Gasteiger partial charge in [0.2, 0.25) is 5.91 Å². The Morgan fingerprint density at radius 1 is 0.923 bits per heavy atom. The number of nitrogens with zero attached hydrogens (tertiary/aromatic N) is 3. The molecule has 1 aromatic carbocycles. The third-order valence-electron chi connectivity index (χ3n) is 5.61. The Bertz CT molecular complexity index is 717. The Balaban J connectivity index is 1.32. The number of carbonyl (C=O) groups excluding carboxylic acids is 1. The molecule has 1 aliphatic carbocycles. The minimum Gasteiger partial charge on any atom is -0.355 e. The lowest BCUT2D eigenvalue weighted by atomic mass is 9.95. The third kappa shape index (κ3) is 3.87. The molecule has 136 valence electrons. The molecule has 1 aliphatic heterocycles. The van der Waals surface area contributed by atoms with Crippen LogP contribution in [-0.4, -0.2) is 35.2 Å². The molecule has 1 N–H and O–H groups in total. The summed E-state index contributed by atoms with van der Waals surface area (Å²) in [5.74, 6) is 1.30. The van der Waals surface area contributed by atoms with Gasteiger partial charge in [0.05, 0.1) is 5.69 Å². The van der Waals surface area contributed by atoms with Crippen LogP contribution in [0.25, 0.3) is 11.3 Å². The molecule has 0 bridgehead atoms. The van der Waals surface area contributed by atoms with Crippen molar-refractivity contribution in [2.45, 2.75) is 44.6 Å². The molecule has 1 saturated heterocycles.